The van der Waals surface area contributed by atoms with Gasteiger partial charge in [0.1, 0.15) is 0 Å². The van der Waals surface area contributed by atoms with Crippen LogP contribution in [0.4, 0.5) is 0 Å². The summed E-state index contributed by atoms with van der Waals surface area (Å²) in [6.45, 7) is 4.02. The topological polar surface area (TPSA) is 83.3 Å². The van der Waals surface area contributed by atoms with E-state index in [9.17, 15) is 9.59 Å². The molecule has 7 nitrogen and oxygen atoms in total. The molecule has 0 spiro atoms. The van der Waals surface area contributed by atoms with Crippen molar-refractivity contribution in [2.24, 2.45) is 0 Å². The van der Waals surface area contributed by atoms with Gasteiger partial charge in [-0.3, -0.25) is 4.79 Å². The summed E-state index contributed by atoms with van der Waals surface area (Å²) in [6, 6.07) is 0.0885. The molecule has 7 heteroatoms. The Kier molecular flexibility index (Phi) is 5.47. The van der Waals surface area contributed by atoms with Crippen LogP contribution in [0.15, 0.2) is 0 Å². The van der Waals surface area contributed by atoms with Crippen molar-refractivity contribution in [3.63, 3.8) is 0 Å². The molecular weight excluding hydrogens is 250 g/mol. The van der Waals surface area contributed by atoms with Crippen LogP contribution in [0.1, 0.15) is 48.9 Å². The van der Waals surface area contributed by atoms with Crippen molar-refractivity contribution in [1.82, 2.24) is 15.0 Å². The number of carbonyl (C=O) groups excluding carboxylic acids is 2. The maximum Gasteiger partial charge on any atom is 0.360 e. The standard InChI is InChI=1S/C12H19N3O4/c1-5-8(6-2)15-9(7-10(16)18-3)11(13-14-15)12(17)19-4/h8H,5-7H2,1-4H3. The number of nitrogens with zero attached hydrogens (tertiary/aromatic N) is 3. The molecule has 1 rings (SSSR count). The molecule has 0 aliphatic rings. The molecule has 0 aromatic carbocycles. The second kappa shape index (κ2) is 6.86. The number of esters is 2. The van der Waals surface area contributed by atoms with Crippen LogP contribution in [-0.2, 0) is 20.7 Å². The predicted molar refractivity (Wildman–Crippen MR) is 66.7 cm³/mol. The average molecular weight is 269 g/mol. The van der Waals surface area contributed by atoms with Gasteiger partial charge in [0, 0.05) is 0 Å². The minimum Gasteiger partial charge on any atom is -0.469 e. The van der Waals surface area contributed by atoms with Gasteiger partial charge in [0.05, 0.1) is 32.4 Å². The second-order valence-corrected chi connectivity index (χ2v) is 4.04. The van der Waals surface area contributed by atoms with Crippen molar-refractivity contribution in [2.45, 2.75) is 39.2 Å². The highest BCUT2D eigenvalue weighted by Crippen LogP contribution is 2.19. The van der Waals surface area contributed by atoms with Crippen LogP contribution >= 0.6 is 0 Å². The van der Waals surface area contributed by atoms with E-state index in [-0.39, 0.29) is 18.2 Å². The molecule has 0 bridgehead atoms. The fraction of sp³-hybridized carbons (Fsp3) is 0.667. The monoisotopic (exact) mass is 269 g/mol. The number of carbonyl (C=O) groups is 2. The van der Waals surface area contributed by atoms with Gasteiger partial charge in [-0.1, -0.05) is 19.1 Å². The highest BCUT2D eigenvalue weighted by atomic mass is 16.5. The van der Waals surface area contributed by atoms with Gasteiger partial charge in [0.2, 0.25) is 0 Å². The molecule has 0 unspecified atom stereocenters. The van der Waals surface area contributed by atoms with Crippen molar-refractivity contribution < 1.29 is 19.1 Å². The maximum absolute atomic E-state index is 11.6. The first-order valence-electron chi connectivity index (χ1n) is 6.18. The SMILES string of the molecule is CCC(CC)n1nnc(C(=O)OC)c1CC(=O)OC. The van der Waals surface area contributed by atoms with Gasteiger partial charge in [0.25, 0.3) is 0 Å². The molecule has 0 fully saturated rings. The number of hydrogen-bond acceptors (Lipinski definition) is 6. The first-order valence-corrected chi connectivity index (χ1v) is 6.18. The summed E-state index contributed by atoms with van der Waals surface area (Å²) in [5.74, 6) is -1.05. The lowest BCUT2D eigenvalue weighted by atomic mass is 10.1. The highest BCUT2D eigenvalue weighted by Gasteiger charge is 2.25. The fourth-order valence-electron chi connectivity index (χ4n) is 1.87. The lowest BCUT2D eigenvalue weighted by Crippen LogP contribution is -2.18. The lowest BCUT2D eigenvalue weighted by Gasteiger charge is -2.15. The van der Waals surface area contributed by atoms with E-state index in [0.717, 1.165) is 12.8 Å². The molecule has 1 aromatic heterocycles. The van der Waals surface area contributed by atoms with Crippen molar-refractivity contribution in [2.75, 3.05) is 14.2 Å². The first kappa shape index (κ1) is 15.1. The van der Waals surface area contributed by atoms with E-state index in [1.54, 1.807) is 4.68 Å². The Labute approximate surface area is 111 Å². The summed E-state index contributed by atoms with van der Waals surface area (Å²) in [4.78, 5) is 23.1. The third-order valence-electron chi connectivity index (χ3n) is 3.00. The largest absolute Gasteiger partial charge is 0.469 e. The minimum absolute atomic E-state index is 0.0512. The van der Waals surface area contributed by atoms with Crippen LogP contribution in [-0.4, -0.2) is 41.2 Å². The first-order chi connectivity index (χ1) is 9.08. The molecule has 0 saturated heterocycles. The number of aromatic nitrogens is 3. The Morgan fingerprint density at radius 1 is 1.21 bits per heavy atom. The normalized spacial score (nSPS) is 10.6. The van der Waals surface area contributed by atoms with Crippen LogP contribution in [0.3, 0.4) is 0 Å². The Morgan fingerprint density at radius 2 is 1.84 bits per heavy atom. The second-order valence-electron chi connectivity index (χ2n) is 4.04. The quantitative estimate of drug-likeness (QED) is 0.720. The smallest absolute Gasteiger partial charge is 0.360 e. The zero-order valence-electron chi connectivity index (χ0n) is 11.7. The molecule has 0 aliphatic heterocycles. The van der Waals surface area contributed by atoms with Crippen molar-refractivity contribution in [3.8, 4) is 0 Å². The van der Waals surface area contributed by atoms with Gasteiger partial charge in [-0.2, -0.15) is 0 Å². The molecule has 0 atom stereocenters. The number of hydrogen-bond donors (Lipinski definition) is 0. The van der Waals surface area contributed by atoms with Crippen molar-refractivity contribution in [3.05, 3.63) is 11.4 Å². The van der Waals surface area contributed by atoms with Crippen LogP contribution in [0.25, 0.3) is 0 Å². The molecule has 0 saturated carbocycles. The molecule has 0 N–H and O–H groups in total. The molecule has 0 amide bonds. The Bertz CT molecular complexity index is 452. The third kappa shape index (κ3) is 3.30. The van der Waals surface area contributed by atoms with Crippen molar-refractivity contribution in [1.29, 1.82) is 0 Å². The fourth-order valence-corrected chi connectivity index (χ4v) is 1.87. The van der Waals surface area contributed by atoms with Gasteiger partial charge in [-0.05, 0) is 12.8 Å². The van der Waals surface area contributed by atoms with E-state index >= 15 is 0 Å². The molecule has 0 aliphatic carbocycles. The van der Waals surface area contributed by atoms with Gasteiger partial charge >= 0.3 is 11.9 Å². The molecule has 1 aromatic rings. The van der Waals surface area contributed by atoms with Crippen LogP contribution < -0.4 is 0 Å². The zero-order valence-corrected chi connectivity index (χ0v) is 11.7. The maximum atomic E-state index is 11.6. The predicted octanol–water partition coefficient (Wildman–Crippen LogP) is 1.14. The van der Waals surface area contributed by atoms with E-state index in [1.807, 2.05) is 13.8 Å². The number of rotatable bonds is 6. The molecule has 1 heterocycles. The van der Waals surface area contributed by atoms with Gasteiger partial charge in [-0.15, -0.1) is 5.10 Å². The summed E-state index contributed by atoms with van der Waals surface area (Å²) in [6.07, 6.45) is 1.60. The Hall–Kier alpha value is -1.92. The summed E-state index contributed by atoms with van der Waals surface area (Å²) in [5.41, 5.74) is 0.507. The Balaban J connectivity index is 3.20. The molecule has 0 radical (unpaired) electrons. The van der Waals surface area contributed by atoms with E-state index in [4.69, 9.17) is 0 Å². The summed E-state index contributed by atoms with van der Waals surface area (Å²) < 4.78 is 10.9. The number of ether oxygens (including phenoxy) is 2. The van der Waals surface area contributed by atoms with Gasteiger partial charge < -0.3 is 9.47 Å². The van der Waals surface area contributed by atoms with Gasteiger partial charge in [0.15, 0.2) is 5.69 Å². The molecular formula is C12H19N3O4. The number of methoxy groups -OCH3 is 2. The van der Waals surface area contributed by atoms with E-state index in [1.165, 1.54) is 14.2 Å². The third-order valence-corrected chi connectivity index (χ3v) is 3.00. The summed E-state index contributed by atoms with van der Waals surface area (Å²) in [7, 11) is 2.56. The minimum atomic E-state index is -0.601. The van der Waals surface area contributed by atoms with Crippen LogP contribution in [0.2, 0.25) is 0 Å². The Morgan fingerprint density at radius 3 is 2.32 bits per heavy atom. The average Bonchev–Trinajstić information content (AvgIpc) is 2.83. The summed E-state index contributed by atoms with van der Waals surface area (Å²) in [5, 5.41) is 7.79. The van der Waals surface area contributed by atoms with E-state index < -0.39 is 11.9 Å². The van der Waals surface area contributed by atoms with Crippen molar-refractivity contribution >= 4 is 11.9 Å². The highest BCUT2D eigenvalue weighted by molar-refractivity contribution is 5.89. The lowest BCUT2D eigenvalue weighted by molar-refractivity contribution is -0.139. The summed E-state index contributed by atoms with van der Waals surface area (Å²) >= 11 is 0. The van der Waals surface area contributed by atoms with E-state index in [0.29, 0.717) is 5.69 Å². The zero-order chi connectivity index (χ0) is 14.4. The van der Waals surface area contributed by atoms with Gasteiger partial charge in [-0.25, -0.2) is 9.48 Å². The molecule has 19 heavy (non-hydrogen) atoms. The van der Waals surface area contributed by atoms with Crippen LogP contribution in [0.5, 0.6) is 0 Å². The molecule has 106 valence electrons. The van der Waals surface area contributed by atoms with Crippen LogP contribution in [0, 0.1) is 0 Å². The van der Waals surface area contributed by atoms with E-state index in [2.05, 4.69) is 19.8 Å².